The Morgan fingerprint density at radius 1 is 1.33 bits per heavy atom. The van der Waals surface area contributed by atoms with Crippen molar-refractivity contribution < 1.29 is 17.9 Å². The molecule has 1 aromatic rings. The number of ether oxygens (including phenoxy) is 1. The van der Waals surface area contributed by atoms with Crippen molar-refractivity contribution in [2.45, 2.75) is 32.8 Å². The van der Waals surface area contributed by atoms with E-state index in [1.165, 1.54) is 11.4 Å². The zero-order valence-corrected chi connectivity index (χ0v) is 13.9. The first-order valence-electron chi connectivity index (χ1n) is 6.70. The molecule has 1 aromatic carbocycles. The fourth-order valence-electron chi connectivity index (χ4n) is 1.61. The van der Waals surface area contributed by atoms with Gasteiger partial charge in [0.2, 0.25) is 10.0 Å². The van der Waals surface area contributed by atoms with Gasteiger partial charge in [-0.05, 0) is 49.2 Å². The lowest BCUT2D eigenvalue weighted by Gasteiger charge is -2.20. The molecule has 0 aromatic heterocycles. The number of halogens is 1. The Morgan fingerprint density at radius 3 is 2.38 bits per heavy atom. The molecule has 21 heavy (non-hydrogen) atoms. The van der Waals surface area contributed by atoms with E-state index in [1.54, 1.807) is 31.2 Å². The van der Waals surface area contributed by atoms with E-state index in [4.69, 9.17) is 16.3 Å². The number of carbonyl (C=O) groups excluding carboxylic acids is 1. The highest BCUT2D eigenvalue weighted by molar-refractivity contribution is 7.92. The van der Waals surface area contributed by atoms with Crippen molar-refractivity contribution in [3.05, 3.63) is 24.3 Å². The molecular weight excluding hydrogens is 314 g/mol. The molecule has 1 unspecified atom stereocenters. The average Bonchev–Trinajstić information content (AvgIpc) is 2.45. The normalized spacial score (nSPS) is 12.8. The molecule has 0 aliphatic carbocycles. The fourth-order valence-corrected chi connectivity index (χ4v) is 3.02. The first kappa shape index (κ1) is 17.8. The third-order valence-corrected chi connectivity index (χ3v) is 5.16. The van der Waals surface area contributed by atoms with Gasteiger partial charge in [-0.15, -0.1) is 0 Å². The fraction of sp³-hybridized carbons (Fsp3) is 0.500. The highest BCUT2D eigenvalue weighted by atomic mass is 35.5. The van der Waals surface area contributed by atoms with Gasteiger partial charge in [-0.1, -0.05) is 13.3 Å². The van der Waals surface area contributed by atoms with E-state index in [-0.39, 0.29) is 5.75 Å². The zero-order chi connectivity index (χ0) is 16.0. The van der Waals surface area contributed by atoms with E-state index < -0.39 is 21.4 Å². The summed E-state index contributed by atoms with van der Waals surface area (Å²) >= 11 is 5.32. The van der Waals surface area contributed by atoms with Crippen LogP contribution in [-0.2, 0) is 14.8 Å². The molecule has 0 saturated carbocycles. The molecule has 0 aliphatic heterocycles. The Hall–Kier alpha value is -1.27. The van der Waals surface area contributed by atoms with Crippen molar-refractivity contribution in [1.82, 2.24) is 0 Å². The van der Waals surface area contributed by atoms with Crippen LogP contribution < -0.4 is 9.04 Å². The van der Waals surface area contributed by atoms with Gasteiger partial charge in [0.1, 0.15) is 5.75 Å². The summed E-state index contributed by atoms with van der Waals surface area (Å²) in [6.07, 6.45) is 0.705. The number of anilines is 1. The summed E-state index contributed by atoms with van der Waals surface area (Å²) in [7, 11) is -1.79. The number of unbranched alkanes of at least 4 members (excludes halogenated alkanes) is 1. The third-order valence-electron chi connectivity index (χ3n) is 3.01. The van der Waals surface area contributed by atoms with Gasteiger partial charge >= 0.3 is 0 Å². The lowest BCUT2D eigenvalue weighted by Crippen LogP contribution is -2.28. The minimum Gasteiger partial charge on any atom is -0.482 e. The summed E-state index contributed by atoms with van der Waals surface area (Å²) in [4.78, 5) is 10.9. The minimum absolute atomic E-state index is 0.121. The van der Waals surface area contributed by atoms with Crippen LogP contribution in [-0.4, -0.2) is 32.6 Å². The largest absolute Gasteiger partial charge is 0.482 e. The number of benzene rings is 1. The van der Waals surface area contributed by atoms with Crippen LogP contribution in [0.4, 0.5) is 5.69 Å². The average molecular weight is 334 g/mol. The lowest BCUT2D eigenvalue weighted by atomic mass is 10.3. The number of carbonyl (C=O) groups is 1. The van der Waals surface area contributed by atoms with Gasteiger partial charge in [0, 0.05) is 7.05 Å². The van der Waals surface area contributed by atoms with Crippen LogP contribution in [0.1, 0.15) is 26.7 Å². The molecule has 0 fully saturated rings. The van der Waals surface area contributed by atoms with Crippen LogP contribution in [0, 0.1) is 0 Å². The van der Waals surface area contributed by atoms with Crippen molar-refractivity contribution in [1.29, 1.82) is 0 Å². The smallest absolute Gasteiger partial charge is 0.262 e. The summed E-state index contributed by atoms with van der Waals surface area (Å²) < 4.78 is 30.7. The van der Waals surface area contributed by atoms with Gasteiger partial charge in [-0.2, -0.15) is 0 Å². The first-order valence-corrected chi connectivity index (χ1v) is 8.69. The van der Waals surface area contributed by atoms with E-state index >= 15 is 0 Å². The molecule has 0 bridgehead atoms. The van der Waals surface area contributed by atoms with Crippen molar-refractivity contribution in [2.75, 3.05) is 17.1 Å². The van der Waals surface area contributed by atoms with E-state index in [0.717, 1.165) is 6.42 Å². The number of hydrogen-bond acceptors (Lipinski definition) is 4. The number of hydrogen-bond donors (Lipinski definition) is 0. The Balaban J connectivity index is 2.80. The Morgan fingerprint density at radius 2 is 1.90 bits per heavy atom. The highest BCUT2D eigenvalue weighted by Gasteiger charge is 2.18. The van der Waals surface area contributed by atoms with Gasteiger partial charge in [0.05, 0.1) is 11.4 Å². The maximum Gasteiger partial charge on any atom is 0.262 e. The zero-order valence-electron chi connectivity index (χ0n) is 12.4. The second kappa shape index (κ2) is 7.66. The Kier molecular flexibility index (Phi) is 6.48. The Labute approximate surface area is 130 Å². The molecule has 0 aliphatic rings. The van der Waals surface area contributed by atoms with Crippen LogP contribution in [0.15, 0.2) is 24.3 Å². The molecule has 0 amide bonds. The van der Waals surface area contributed by atoms with Crippen molar-refractivity contribution in [3.8, 4) is 5.75 Å². The molecule has 0 spiro atoms. The van der Waals surface area contributed by atoms with E-state index in [1.807, 2.05) is 6.92 Å². The predicted molar refractivity (Wildman–Crippen MR) is 84.5 cm³/mol. The Bertz CT molecular complexity index is 571. The number of nitrogens with zero attached hydrogens (tertiary/aromatic N) is 1. The molecule has 5 nitrogen and oxygen atoms in total. The third kappa shape index (κ3) is 5.21. The van der Waals surface area contributed by atoms with Crippen LogP contribution in [0.25, 0.3) is 0 Å². The number of rotatable bonds is 8. The van der Waals surface area contributed by atoms with Gasteiger partial charge in [-0.3, -0.25) is 9.10 Å². The van der Waals surface area contributed by atoms with E-state index in [9.17, 15) is 13.2 Å². The summed E-state index contributed by atoms with van der Waals surface area (Å²) in [6, 6.07) is 6.48. The molecule has 7 heteroatoms. The number of sulfonamides is 1. The van der Waals surface area contributed by atoms with Crippen LogP contribution >= 0.6 is 11.6 Å². The van der Waals surface area contributed by atoms with Crippen LogP contribution in [0.3, 0.4) is 0 Å². The van der Waals surface area contributed by atoms with Gasteiger partial charge in [0.15, 0.2) is 6.10 Å². The second-order valence-corrected chi connectivity index (χ2v) is 7.19. The maximum atomic E-state index is 12.1. The second-order valence-electron chi connectivity index (χ2n) is 4.70. The molecule has 0 radical (unpaired) electrons. The standard InChI is InChI=1S/C14H20ClNO4S/c1-4-5-10-21(18,19)16(3)12-6-8-13(9-7-12)20-11(2)14(15)17/h6-9,11H,4-5,10H2,1-3H3. The van der Waals surface area contributed by atoms with E-state index in [2.05, 4.69) is 0 Å². The van der Waals surface area contributed by atoms with Gasteiger partial charge in [0.25, 0.3) is 5.24 Å². The summed E-state index contributed by atoms with van der Waals surface area (Å²) in [6.45, 7) is 3.49. The maximum absolute atomic E-state index is 12.1. The molecule has 0 heterocycles. The van der Waals surface area contributed by atoms with Crippen molar-refractivity contribution in [3.63, 3.8) is 0 Å². The SMILES string of the molecule is CCCCS(=O)(=O)N(C)c1ccc(OC(C)C(=O)Cl)cc1. The topological polar surface area (TPSA) is 63.7 Å². The molecule has 0 N–H and O–H groups in total. The van der Waals surface area contributed by atoms with Gasteiger partial charge < -0.3 is 4.74 Å². The molecular formula is C14H20ClNO4S. The first-order chi connectivity index (χ1) is 9.77. The van der Waals surface area contributed by atoms with Crippen LogP contribution in [0.5, 0.6) is 5.75 Å². The summed E-state index contributed by atoms with van der Waals surface area (Å²) in [5.41, 5.74) is 0.545. The van der Waals surface area contributed by atoms with Crippen LogP contribution in [0.2, 0.25) is 0 Å². The monoisotopic (exact) mass is 333 g/mol. The minimum atomic E-state index is -3.31. The van der Waals surface area contributed by atoms with Crippen molar-refractivity contribution >= 4 is 32.6 Å². The molecule has 1 atom stereocenters. The van der Waals surface area contributed by atoms with E-state index in [0.29, 0.717) is 17.9 Å². The molecule has 0 saturated heterocycles. The van der Waals surface area contributed by atoms with Gasteiger partial charge in [-0.25, -0.2) is 8.42 Å². The quantitative estimate of drug-likeness (QED) is 0.686. The lowest BCUT2D eigenvalue weighted by molar-refractivity contribution is -0.117. The summed E-state index contributed by atoms with van der Waals surface area (Å²) in [5, 5.41) is -0.585. The molecule has 1 rings (SSSR count). The van der Waals surface area contributed by atoms with Crippen molar-refractivity contribution in [2.24, 2.45) is 0 Å². The highest BCUT2D eigenvalue weighted by Crippen LogP contribution is 2.22. The molecule has 118 valence electrons. The predicted octanol–water partition coefficient (Wildman–Crippen LogP) is 2.79. The summed E-state index contributed by atoms with van der Waals surface area (Å²) in [5.74, 6) is 0.579.